The fourth-order valence-corrected chi connectivity index (χ4v) is 1.97. The normalized spacial score (nSPS) is 11.3. The highest BCUT2D eigenvalue weighted by Crippen LogP contribution is 2.23. The Labute approximate surface area is 114 Å². The number of hydrogen-bond donors (Lipinski definition) is 2. The molecule has 1 aromatic carbocycles. The largest absolute Gasteiger partial charge is 0.345 e. The fraction of sp³-hybridized carbons (Fsp3) is 0.333. The maximum absolute atomic E-state index is 7.56. The van der Waals surface area contributed by atoms with Gasteiger partial charge in [0.2, 0.25) is 0 Å². The van der Waals surface area contributed by atoms with Crippen LogP contribution in [0.3, 0.4) is 0 Å². The number of H-pyrrole nitrogens is 1. The number of imidazole rings is 1. The first-order valence-electron chi connectivity index (χ1n) is 6.36. The quantitative estimate of drug-likeness (QED) is 0.649. The van der Waals surface area contributed by atoms with E-state index >= 15 is 0 Å². The summed E-state index contributed by atoms with van der Waals surface area (Å²) in [5, 5.41) is 7.56. The van der Waals surface area contributed by atoms with Crippen LogP contribution in [0.4, 0.5) is 5.69 Å². The maximum Gasteiger partial charge on any atom is 0.0924 e. The third-order valence-corrected chi connectivity index (χ3v) is 2.81. The van der Waals surface area contributed by atoms with Crippen molar-refractivity contribution >= 4 is 12.0 Å². The Balaban J connectivity index is 2.19. The van der Waals surface area contributed by atoms with Crippen LogP contribution in [0.1, 0.15) is 20.8 Å². The van der Waals surface area contributed by atoms with Crippen LogP contribution >= 0.6 is 0 Å². The molecule has 0 atom stereocenters. The van der Waals surface area contributed by atoms with Gasteiger partial charge in [0.1, 0.15) is 0 Å². The molecule has 0 saturated heterocycles. The van der Waals surface area contributed by atoms with Crippen LogP contribution in [0, 0.1) is 10.8 Å². The van der Waals surface area contributed by atoms with Gasteiger partial charge in [-0.1, -0.05) is 32.9 Å². The average Bonchev–Trinajstić information content (AvgIpc) is 2.89. The average molecular weight is 256 g/mol. The summed E-state index contributed by atoms with van der Waals surface area (Å²) in [6.45, 7) is 7.33. The predicted molar refractivity (Wildman–Crippen MR) is 79.6 cm³/mol. The first-order valence-corrected chi connectivity index (χ1v) is 6.36. The molecule has 4 heteroatoms. The van der Waals surface area contributed by atoms with Crippen molar-refractivity contribution < 1.29 is 0 Å². The van der Waals surface area contributed by atoms with E-state index in [0.717, 1.165) is 23.5 Å². The molecule has 4 nitrogen and oxygen atoms in total. The standard InChI is InChI=1S/C15H20N4/c1-15(2,3)9-19(10-16)13-6-4-12(5-7-13)14-8-17-11-18-14/h4-8,10-11,16H,9H2,1-3H3,(H,17,18). The van der Waals surface area contributed by atoms with Gasteiger partial charge in [-0.05, 0) is 23.1 Å². The first kappa shape index (κ1) is 13.3. The summed E-state index contributed by atoms with van der Waals surface area (Å²) in [5.41, 5.74) is 3.29. The highest BCUT2D eigenvalue weighted by Gasteiger charge is 2.15. The summed E-state index contributed by atoms with van der Waals surface area (Å²) in [5.74, 6) is 0. The van der Waals surface area contributed by atoms with Gasteiger partial charge in [0.25, 0.3) is 0 Å². The number of aromatic nitrogens is 2. The lowest BCUT2D eigenvalue weighted by Gasteiger charge is -2.28. The maximum atomic E-state index is 7.56. The zero-order chi connectivity index (χ0) is 13.9. The lowest BCUT2D eigenvalue weighted by atomic mass is 9.96. The molecule has 1 heterocycles. The zero-order valence-corrected chi connectivity index (χ0v) is 11.6. The topological polar surface area (TPSA) is 55.8 Å². The van der Waals surface area contributed by atoms with Crippen molar-refractivity contribution in [3.05, 3.63) is 36.8 Å². The molecule has 0 spiro atoms. The molecule has 2 N–H and O–H groups in total. The number of nitrogens with zero attached hydrogens (tertiary/aromatic N) is 2. The first-order chi connectivity index (χ1) is 8.99. The van der Waals surface area contributed by atoms with Crippen LogP contribution in [-0.2, 0) is 0 Å². The summed E-state index contributed by atoms with van der Waals surface area (Å²) < 4.78 is 0. The number of hydrogen-bond acceptors (Lipinski definition) is 2. The van der Waals surface area contributed by atoms with Crippen LogP contribution in [0.2, 0.25) is 0 Å². The molecule has 0 aliphatic rings. The predicted octanol–water partition coefficient (Wildman–Crippen LogP) is 3.54. The molecule has 0 amide bonds. The second-order valence-electron chi connectivity index (χ2n) is 5.83. The zero-order valence-electron chi connectivity index (χ0n) is 11.6. The van der Waals surface area contributed by atoms with Crippen molar-refractivity contribution in [3.8, 4) is 11.3 Å². The van der Waals surface area contributed by atoms with Crippen molar-refractivity contribution in [2.45, 2.75) is 20.8 Å². The van der Waals surface area contributed by atoms with E-state index in [1.165, 1.54) is 6.34 Å². The molecule has 0 aliphatic carbocycles. The fourth-order valence-electron chi connectivity index (χ4n) is 1.97. The molecular weight excluding hydrogens is 236 g/mol. The highest BCUT2D eigenvalue weighted by atomic mass is 15.1. The number of nitrogens with one attached hydrogen (secondary N) is 2. The molecule has 0 aliphatic heterocycles. The molecule has 0 fully saturated rings. The van der Waals surface area contributed by atoms with E-state index in [1.54, 1.807) is 12.5 Å². The van der Waals surface area contributed by atoms with E-state index < -0.39 is 0 Å². The van der Waals surface area contributed by atoms with E-state index in [0.29, 0.717) is 0 Å². The molecule has 2 rings (SSSR count). The summed E-state index contributed by atoms with van der Waals surface area (Å²) in [4.78, 5) is 9.06. The van der Waals surface area contributed by atoms with Crippen molar-refractivity contribution in [2.75, 3.05) is 11.4 Å². The van der Waals surface area contributed by atoms with Gasteiger partial charge in [-0.25, -0.2) is 4.98 Å². The Kier molecular flexibility index (Phi) is 3.69. The van der Waals surface area contributed by atoms with Crippen molar-refractivity contribution in [2.24, 2.45) is 5.41 Å². The molecule has 0 saturated carbocycles. The molecule has 0 radical (unpaired) electrons. The highest BCUT2D eigenvalue weighted by molar-refractivity contribution is 5.78. The van der Waals surface area contributed by atoms with Gasteiger partial charge in [-0.15, -0.1) is 0 Å². The summed E-state index contributed by atoms with van der Waals surface area (Å²) in [6, 6.07) is 8.16. The Morgan fingerprint density at radius 3 is 2.42 bits per heavy atom. The van der Waals surface area contributed by atoms with E-state index in [1.807, 2.05) is 29.2 Å². The SMILES string of the molecule is CC(C)(C)CN(C=N)c1ccc(-c2cnc[nH]2)cc1. The van der Waals surface area contributed by atoms with Gasteiger partial charge in [-0.3, -0.25) is 5.41 Å². The van der Waals surface area contributed by atoms with Gasteiger partial charge in [0, 0.05) is 12.2 Å². The Hall–Kier alpha value is -2.10. The van der Waals surface area contributed by atoms with Gasteiger partial charge in [0.05, 0.1) is 24.6 Å². The lowest BCUT2D eigenvalue weighted by Crippen LogP contribution is -2.31. The molecule has 1 aromatic heterocycles. The minimum Gasteiger partial charge on any atom is -0.345 e. The van der Waals surface area contributed by atoms with Crippen molar-refractivity contribution in [3.63, 3.8) is 0 Å². The van der Waals surface area contributed by atoms with Crippen LogP contribution in [0.15, 0.2) is 36.8 Å². The minimum absolute atomic E-state index is 0.152. The van der Waals surface area contributed by atoms with E-state index in [9.17, 15) is 0 Å². The summed E-state index contributed by atoms with van der Waals surface area (Å²) in [6.07, 6.45) is 4.86. The smallest absolute Gasteiger partial charge is 0.0924 e. The second kappa shape index (κ2) is 5.26. The minimum atomic E-state index is 0.152. The number of rotatable bonds is 4. The lowest BCUT2D eigenvalue weighted by molar-refractivity contribution is 0.428. The number of benzene rings is 1. The van der Waals surface area contributed by atoms with E-state index in [-0.39, 0.29) is 5.41 Å². The van der Waals surface area contributed by atoms with Crippen molar-refractivity contribution in [1.82, 2.24) is 9.97 Å². The van der Waals surface area contributed by atoms with Gasteiger partial charge < -0.3 is 9.88 Å². The molecule has 2 aromatic rings. The molecule has 100 valence electrons. The van der Waals surface area contributed by atoms with Gasteiger partial charge in [0.15, 0.2) is 0 Å². The summed E-state index contributed by atoms with van der Waals surface area (Å²) >= 11 is 0. The van der Waals surface area contributed by atoms with Crippen LogP contribution in [0.25, 0.3) is 11.3 Å². The third kappa shape index (κ3) is 3.44. The molecule has 0 unspecified atom stereocenters. The Morgan fingerprint density at radius 1 is 1.26 bits per heavy atom. The van der Waals surface area contributed by atoms with Gasteiger partial charge in [-0.2, -0.15) is 0 Å². The van der Waals surface area contributed by atoms with Crippen LogP contribution < -0.4 is 4.90 Å². The summed E-state index contributed by atoms with van der Waals surface area (Å²) in [7, 11) is 0. The molecule has 19 heavy (non-hydrogen) atoms. The van der Waals surface area contributed by atoms with Crippen molar-refractivity contribution in [1.29, 1.82) is 5.41 Å². The van der Waals surface area contributed by atoms with Crippen LogP contribution in [0.5, 0.6) is 0 Å². The number of anilines is 1. The third-order valence-electron chi connectivity index (χ3n) is 2.81. The van der Waals surface area contributed by atoms with E-state index in [2.05, 4.69) is 30.7 Å². The Morgan fingerprint density at radius 2 is 1.95 bits per heavy atom. The van der Waals surface area contributed by atoms with Gasteiger partial charge >= 0.3 is 0 Å². The second-order valence-corrected chi connectivity index (χ2v) is 5.83. The van der Waals surface area contributed by atoms with E-state index in [4.69, 9.17) is 5.41 Å². The molecule has 0 bridgehead atoms. The monoisotopic (exact) mass is 256 g/mol. The molecular formula is C15H20N4. The van der Waals surface area contributed by atoms with Crippen LogP contribution in [-0.4, -0.2) is 22.9 Å². The Bertz CT molecular complexity index is 520. The number of aromatic amines is 1.